The highest BCUT2D eigenvalue weighted by Gasteiger charge is 2.22. The number of amides is 1. The van der Waals surface area contributed by atoms with Crippen LogP contribution in [0.4, 0.5) is 5.69 Å². The maximum atomic E-state index is 12.5. The second kappa shape index (κ2) is 7.25. The zero-order chi connectivity index (χ0) is 18.1. The minimum absolute atomic E-state index is 0.0445. The fraction of sp³-hybridized carbons (Fsp3) is 0.474. The lowest BCUT2D eigenvalue weighted by Gasteiger charge is -2.18. The summed E-state index contributed by atoms with van der Waals surface area (Å²) in [5.41, 5.74) is 1.95. The summed E-state index contributed by atoms with van der Waals surface area (Å²) in [4.78, 5) is 18.7. The van der Waals surface area contributed by atoms with Crippen LogP contribution in [-0.4, -0.2) is 23.7 Å². The zero-order valence-corrected chi connectivity index (χ0v) is 15.8. The molecule has 1 aromatic heterocycles. The van der Waals surface area contributed by atoms with Gasteiger partial charge in [-0.1, -0.05) is 0 Å². The summed E-state index contributed by atoms with van der Waals surface area (Å²) in [6.07, 6.45) is 4.70. The Balaban J connectivity index is 1.37. The van der Waals surface area contributed by atoms with Crippen molar-refractivity contribution in [3.8, 4) is 11.5 Å². The van der Waals surface area contributed by atoms with Gasteiger partial charge < -0.3 is 14.8 Å². The third-order valence-corrected chi connectivity index (χ3v) is 6.11. The minimum Gasteiger partial charge on any atom is -0.454 e. The van der Waals surface area contributed by atoms with Crippen LogP contribution in [0, 0.1) is 0 Å². The van der Waals surface area contributed by atoms with Crippen molar-refractivity contribution in [1.82, 2.24) is 10.3 Å². The maximum Gasteiger partial charge on any atom is 0.241 e. The van der Waals surface area contributed by atoms with E-state index < -0.39 is 0 Å². The molecule has 1 amide bonds. The van der Waals surface area contributed by atoms with Crippen molar-refractivity contribution >= 4 is 22.9 Å². The molecule has 0 saturated carbocycles. The average molecular weight is 373 g/mol. The fourth-order valence-corrected chi connectivity index (χ4v) is 4.47. The topological polar surface area (TPSA) is 72.5 Å². The largest absolute Gasteiger partial charge is 0.454 e. The van der Waals surface area contributed by atoms with Gasteiger partial charge in [0.15, 0.2) is 11.5 Å². The molecule has 2 atom stereocenters. The summed E-state index contributed by atoms with van der Waals surface area (Å²) >= 11 is 1.78. The molecule has 0 saturated heterocycles. The summed E-state index contributed by atoms with van der Waals surface area (Å²) in [7, 11) is 0. The normalized spacial score (nSPS) is 17.5. The smallest absolute Gasteiger partial charge is 0.241 e. The number of hydrogen-bond acceptors (Lipinski definition) is 6. The van der Waals surface area contributed by atoms with Crippen LogP contribution in [0.15, 0.2) is 18.2 Å². The van der Waals surface area contributed by atoms with Crippen LogP contribution >= 0.6 is 11.3 Å². The van der Waals surface area contributed by atoms with Crippen LogP contribution in [-0.2, 0) is 17.6 Å². The molecule has 26 heavy (non-hydrogen) atoms. The Kier molecular flexibility index (Phi) is 4.82. The van der Waals surface area contributed by atoms with Crippen molar-refractivity contribution in [3.05, 3.63) is 33.8 Å². The molecule has 1 aliphatic heterocycles. The summed E-state index contributed by atoms with van der Waals surface area (Å²) in [5, 5.41) is 7.35. The van der Waals surface area contributed by atoms with Crippen LogP contribution in [0.25, 0.3) is 0 Å². The van der Waals surface area contributed by atoms with Crippen LogP contribution in [0.5, 0.6) is 11.5 Å². The third-order valence-electron chi connectivity index (χ3n) is 4.77. The molecule has 6 nitrogen and oxygen atoms in total. The van der Waals surface area contributed by atoms with E-state index in [-0.39, 0.29) is 24.8 Å². The highest BCUT2D eigenvalue weighted by molar-refractivity contribution is 7.11. The number of hydrogen-bond donors (Lipinski definition) is 2. The van der Waals surface area contributed by atoms with Crippen molar-refractivity contribution in [2.45, 2.75) is 51.6 Å². The summed E-state index contributed by atoms with van der Waals surface area (Å²) in [5.74, 6) is 1.28. The number of rotatable bonds is 5. The van der Waals surface area contributed by atoms with Gasteiger partial charge in [-0.2, -0.15) is 0 Å². The van der Waals surface area contributed by atoms with Gasteiger partial charge in [-0.05, 0) is 51.7 Å². The van der Waals surface area contributed by atoms with E-state index in [0.717, 1.165) is 17.8 Å². The molecule has 0 unspecified atom stereocenters. The van der Waals surface area contributed by atoms with Gasteiger partial charge in [0, 0.05) is 16.6 Å². The Morgan fingerprint density at radius 2 is 2.00 bits per heavy atom. The Bertz CT molecular complexity index is 797. The Morgan fingerprint density at radius 3 is 2.85 bits per heavy atom. The molecular weight excluding hydrogens is 350 g/mol. The van der Waals surface area contributed by atoms with Crippen molar-refractivity contribution in [3.63, 3.8) is 0 Å². The predicted molar refractivity (Wildman–Crippen MR) is 101 cm³/mol. The van der Waals surface area contributed by atoms with Gasteiger partial charge in [-0.3, -0.25) is 10.1 Å². The summed E-state index contributed by atoms with van der Waals surface area (Å²) in [6.45, 7) is 4.15. The lowest BCUT2D eigenvalue weighted by Crippen LogP contribution is -2.39. The monoisotopic (exact) mass is 373 g/mol. The number of aromatic nitrogens is 1. The molecule has 138 valence electrons. The van der Waals surface area contributed by atoms with Gasteiger partial charge in [0.2, 0.25) is 12.7 Å². The standard InChI is InChI=1S/C19H23N3O3S/c1-11(18(23)21-13-7-8-15-16(9-13)25-10-24-15)20-12(2)19-22-14-5-3-4-6-17(14)26-19/h7-9,11-12,20H,3-6,10H2,1-2H3,(H,21,23)/t11-,12-/m1/s1. The molecule has 2 heterocycles. The molecule has 2 aromatic rings. The number of benzene rings is 1. The molecule has 1 aromatic carbocycles. The number of ether oxygens (including phenoxy) is 2. The number of nitrogens with one attached hydrogen (secondary N) is 2. The lowest BCUT2D eigenvalue weighted by atomic mass is 10.0. The van der Waals surface area contributed by atoms with Crippen LogP contribution < -0.4 is 20.1 Å². The molecule has 2 N–H and O–H groups in total. The first kappa shape index (κ1) is 17.3. The van der Waals surface area contributed by atoms with Crippen molar-refractivity contribution in [2.24, 2.45) is 0 Å². The van der Waals surface area contributed by atoms with E-state index in [0.29, 0.717) is 17.2 Å². The summed E-state index contributed by atoms with van der Waals surface area (Å²) < 4.78 is 10.6. The molecule has 4 rings (SSSR count). The first-order chi connectivity index (χ1) is 12.6. The molecule has 0 radical (unpaired) electrons. The molecule has 2 aliphatic rings. The Morgan fingerprint density at radius 1 is 1.19 bits per heavy atom. The number of fused-ring (bicyclic) bond motifs is 2. The molecule has 0 spiro atoms. The number of carbonyl (C=O) groups excluding carboxylic acids is 1. The second-order valence-electron chi connectivity index (χ2n) is 6.80. The first-order valence-corrected chi connectivity index (χ1v) is 9.87. The zero-order valence-electron chi connectivity index (χ0n) is 15.0. The molecule has 1 aliphatic carbocycles. The second-order valence-corrected chi connectivity index (χ2v) is 7.91. The van der Waals surface area contributed by atoms with Gasteiger partial charge in [0.05, 0.1) is 17.8 Å². The molecule has 0 bridgehead atoms. The minimum atomic E-state index is -0.337. The average Bonchev–Trinajstić information content (AvgIpc) is 3.27. The SMILES string of the molecule is C[C@@H](N[C@H](C)c1nc2c(s1)CCCC2)C(=O)Nc1ccc2c(c1)OCO2. The molecular formula is C19H23N3O3S. The number of thiazole rings is 1. The van der Waals surface area contributed by atoms with Crippen molar-refractivity contribution in [1.29, 1.82) is 0 Å². The lowest BCUT2D eigenvalue weighted by molar-refractivity contribution is -0.117. The number of anilines is 1. The number of nitrogens with zero attached hydrogens (tertiary/aromatic N) is 1. The van der Waals surface area contributed by atoms with Gasteiger partial charge in [0.1, 0.15) is 5.01 Å². The third kappa shape index (κ3) is 3.54. The first-order valence-electron chi connectivity index (χ1n) is 9.05. The molecule has 7 heteroatoms. The number of aryl methyl sites for hydroxylation is 2. The van der Waals surface area contributed by atoms with E-state index in [4.69, 9.17) is 14.5 Å². The van der Waals surface area contributed by atoms with E-state index in [1.807, 2.05) is 13.0 Å². The van der Waals surface area contributed by atoms with Crippen molar-refractivity contribution < 1.29 is 14.3 Å². The van der Waals surface area contributed by atoms with Crippen molar-refractivity contribution in [2.75, 3.05) is 12.1 Å². The predicted octanol–water partition coefficient (Wildman–Crippen LogP) is 3.43. The highest BCUT2D eigenvalue weighted by atomic mass is 32.1. The molecule has 0 fully saturated rings. The fourth-order valence-electron chi connectivity index (χ4n) is 3.30. The van der Waals surface area contributed by atoms with Crippen LogP contribution in [0.1, 0.15) is 48.3 Å². The van der Waals surface area contributed by atoms with E-state index in [2.05, 4.69) is 17.6 Å². The maximum absolute atomic E-state index is 12.5. The Labute approximate surface area is 156 Å². The van der Waals surface area contributed by atoms with Gasteiger partial charge >= 0.3 is 0 Å². The van der Waals surface area contributed by atoms with E-state index in [1.54, 1.807) is 23.5 Å². The van der Waals surface area contributed by atoms with Gasteiger partial charge in [-0.25, -0.2) is 4.98 Å². The van der Waals surface area contributed by atoms with Gasteiger partial charge in [-0.15, -0.1) is 11.3 Å². The van der Waals surface area contributed by atoms with Crippen LogP contribution in [0.2, 0.25) is 0 Å². The van der Waals surface area contributed by atoms with E-state index in [1.165, 1.54) is 23.4 Å². The quantitative estimate of drug-likeness (QED) is 0.840. The van der Waals surface area contributed by atoms with E-state index >= 15 is 0 Å². The highest BCUT2D eigenvalue weighted by Crippen LogP contribution is 2.34. The number of carbonyl (C=O) groups is 1. The van der Waals surface area contributed by atoms with E-state index in [9.17, 15) is 4.79 Å². The van der Waals surface area contributed by atoms with Gasteiger partial charge in [0.25, 0.3) is 0 Å². The van der Waals surface area contributed by atoms with Crippen LogP contribution in [0.3, 0.4) is 0 Å². The Hall–Kier alpha value is -2.12. The summed E-state index contributed by atoms with van der Waals surface area (Å²) in [6, 6.07) is 5.11.